The van der Waals surface area contributed by atoms with E-state index in [2.05, 4.69) is 6.58 Å². The quantitative estimate of drug-likeness (QED) is 0.330. The van der Waals surface area contributed by atoms with E-state index in [1.807, 2.05) is 0 Å². The maximum Gasteiger partial charge on any atom is 0.335 e. The van der Waals surface area contributed by atoms with Crippen LogP contribution < -0.4 is 0 Å². The maximum absolute atomic E-state index is 11.6. The zero-order valence-corrected chi connectivity index (χ0v) is 16.1. The van der Waals surface area contributed by atoms with Crippen LogP contribution in [-0.4, -0.2) is 66.2 Å². The molecule has 0 atom stereocenters. The summed E-state index contributed by atoms with van der Waals surface area (Å²) in [7, 11) is 0. The third-order valence-corrected chi connectivity index (χ3v) is 4.01. The van der Waals surface area contributed by atoms with Crippen LogP contribution in [0.15, 0.2) is 12.3 Å². The predicted octanol–water partition coefficient (Wildman–Crippen LogP) is 0.391. The minimum absolute atomic E-state index is 0.00228. The summed E-state index contributed by atoms with van der Waals surface area (Å²) >= 11 is 0. The van der Waals surface area contributed by atoms with Crippen LogP contribution in [0.25, 0.3) is 0 Å². The Balaban J connectivity index is 1.42. The van der Waals surface area contributed by atoms with Crippen molar-refractivity contribution in [2.75, 3.05) is 26.4 Å². The van der Waals surface area contributed by atoms with Gasteiger partial charge in [0.05, 0.1) is 31.8 Å². The summed E-state index contributed by atoms with van der Waals surface area (Å²) in [6.07, 6.45) is 1.30. The first kappa shape index (κ1) is 22.5. The lowest BCUT2D eigenvalue weighted by Crippen LogP contribution is -2.32. The van der Waals surface area contributed by atoms with E-state index >= 15 is 0 Å². The molecule has 0 bridgehead atoms. The second kappa shape index (κ2) is 11.3. The molecule has 2 aliphatic heterocycles. The molecular formula is C18H24N2O9. The standard InChI is InChI=1S/C18H24N2O9/c1-13-3-4-14(21)19(13)28-17(24)7-11-26-9-2-10-27-12-8-18(25)29-20-15(22)5-6-16(20)23/h1-12H2. The first-order valence-corrected chi connectivity index (χ1v) is 9.32. The van der Waals surface area contributed by atoms with Gasteiger partial charge in [-0.15, -0.1) is 10.1 Å². The molecule has 160 valence electrons. The Kier molecular flexibility index (Phi) is 8.74. The smallest absolute Gasteiger partial charge is 0.335 e. The molecule has 3 amide bonds. The fourth-order valence-electron chi connectivity index (χ4n) is 2.48. The number of hydrogen-bond acceptors (Lipinski definition) is 9. The summed E-state index contributed by atoms with van der Waals surface area (Å²) in [5.74, 6) is -2.64. The zero-order valence-electron chi connectivity index (χ0n) is 16.1. The number of imide groups is 1. The van der Waals surface area contributed by atoms with E-state index < -0.39 is 23.8 Å². The molecule has 0 N–H and O–H groups in total. The molecule has 2 rings (SSSR count). The van der Waals surface area contributed by atoms with Gasteiger partial charge < -0.3 is 19.1 Å². The molecule has 11 heteroatoms. The van der Waals surface area contributed by atoms with E-state index in [4.69, 9.17) is 19.1 Å². The van der Waals surface area contributed by atoms with Crippen molar-refractivity contribution in [2.24, 2.45) is 0 Å². The van der Waals surface area contributed by atoms with Crippen LogP contribution in [-0.2, 0) is 43.1 Å². The monoisotopic (exact) mass is 412 g/mol. The Morgan fingerprint density at radius 3 is 1.66 bits per heavy atom. The number of allylic oxidation sites excluding steroid dienone is 1. The Morgan fingerprint density at radius 2 is 1.17 bits per heavy atom. The molecule has 0 radical (unpaired) electrons. The van der Waals surface area contributed by atoms with Gasteiger partial charge in [0.2, 0.25) is 0 Å². The lowest BCUT2D eigenvalue weighted by atomic mass is 10.3. The highest BCUT2D eigenvalue weighted by Crippen LogP contribution is 2.20. The summed E-state index contributed by atoms with van der Waals surface area (Å²) in [6, 6.07) is 0. The number of carbonyl (C=O) groups is 5. The fraction of sp³-hybridized carbons (Fsp3) is 0.611. The molecule has 2 aliphatic rings. The summed E-state index contributed by atoms with van der Waals surface area (Å²) < 4.78 is 10.5. The number of amides is 3. The van der Waals surface area contributed by atoms with Gasteiger partial charge in [-0.2, -0.15) is 0 Å². The number of hydrogen-bond donors (Lipinski definition) is 0. The highest BCUT2D eigenvalue weighted by molar-refractivity contribution is 6.01. The van der Waals surface area contributed by atoms with E-state index in [0.717, 1.165) is 5.06 Å². The molecule has 0 saturated carbocycles. The van der Waals surface area contributed by atoms with Crippen molar-refractivity contribution in [1.29, 1.82) is 0 Å². The molecule has 11 nitrogen and oxygen atoms in total. The van der Waals surface area contributed by atoms with Crippen LogP contribution in [0.3, 0.4) is 0 Å². The second-order valence-electron chi connectivity index (χ2n) is 6.34. The first-order valence-electron chi connectivity index (χ1n) is 9.32. The zero-order chi connectivity index (χ0) is 21.2. The van der Waals surface area contributed by atoms with Gasteiger partial charge in [-0.1, -0.05) is 6.58 Å². The topological polar surface area (TPSA) is 129 Å². The number of hydroxylamine groups is 4. The van der Waals surface area contributed by atoms with Crippen LogP contribution in [0.4, 0.5) is 0 Å². The Bertz CT molecular complexity index is 588. The molecule has 0 aromatic rings. The molecule has 0 aromatic carbocycles. The predicted molar refractivity (Wildman–Crippen MR) is 94.0 cm³/mol. The number of ether oxygens (including phenoxy) is 2. The highest BCUT2D eigenvalue weighted by Gasteiger charge is 2.32. The van der Waals surface area contributed by atoms with Gasteiger partial charge in [0.1, 0.15) is 0 Å². The second-order valence-corrected chi connectivity index (χ2v) is 6.34. The summed E-state index contributed by atoms with van der Waals surface area (Å²) in [5.41, 5.74) is 0.462. The fourth-order valence-corrected chi connectivity index (χ4v) is 2.48. The number of carbonyl (C=O) groups excluding carboxylic acids is 5. The molecule has 2 heterocycles. The average molecular weight is 412 g/mol. The average Bonchev–Trinajstić information content (AvgIpc) is 3.16. The van der Waals surface area contributed by atoms with Gasteiger partial charge in [0.25, 0.3) is 17.7 Å². The highest BCUT2D eigenvalue weighted by atomic mass is 16.7. The van der Waals surface area contributed by atoms with Crippen molar-refractivity contribution < 1.29 is 43.1 Å². The third kappa shape index (κ3) is 7.27. The molecule has 0 aromatic heterocycles. The lowest BCUT2D eigenvalue weighted by Gasteiger charge is -2.15. The van der Waals surface area contributed by atoms with Gasteiger partial charge in [0.15, 0.2) is 0 Å². The SMILES string of the molecule is C=C1CCC(=O)N1OC(=O)CCOCCCOCCC(=O)ON1C(=O)CCC1=O. The molecule has 2 fully saturated rings. The van der Waals surface area contributed by atoms with Gasteiger partial charge in [-0.05, 0) is 12.8 Å². The van der Waals surface area contributed by atoms with Crippen LogP contribution >= 0.6 is 0 Å². The van der Waals surface area contributed by atoms with Crippen molar-refractivity contribution in [2.45, 2.75) is 44.9 Å². The minimum Gasteiger partial charge on any atom is -0.381 e. The molecule has 0 unspecified atom stereocenters. The van der Waals surface area contributed by atoms with Gasteiger partial charge in [-0.3, -0.25) is 14.4 Å². The van der Waals surface area contributed by atoms with E-state index in [1.54, 1.807) is 0 Å². The lowest BCUT2D eigenvalue weighted by molar-refractivity contribution is -0.198. The number of nitrogens with zero attached hydrogens (tertiary/aromatic N) is 2. The van der Waals surface area contributed by atoms with Gasteiger partial charge in [-0.25, -0.2) is 9.59 Å². The third-order valence-electron chi connectivity index (χ3n) is 4.01. The van der Waals surface area contributed by atoms with Crippen molar-refractivity contribution in [3.63, 3.8) is 0 Å². The summed E-state index contributed by atoms with van der Waals surface area (Å²) in [6.45, 7) is 4.52. The maximum atomic E-state index is 11.6. The van der Waals surface area contributed by atoms with E-state index in [9.17, 15) is 24.0 Å². The minimum atomic E-state index is -0.720. The first-order chi connectivity index (χ1) is 13.9. The largest absolute Gasteiger partial charge is 0.381 e. The Hall–Kier alpha value is -2.79. The van der Waals surface area contributed by atoms with Crippen molar-refractivity contribution in [3.8, 4) is 0 Å². The van der Waals surface area contributed by atoms with E-state index in [1.165, 1.54) is 0 Å². The van der Waals surface area contributed by atoms with Crippen molar-refractivity contribution in [1.82, 2.24) is 10.1 Å². The summed E-state index contributed by atoms with van der Waals surface area (Å²) in [5, 5.41) is 1.42. The van der Waals surface area contributed by atoms with Crippen molar-refractivity contribution in [3.05, 3.63) is 12.3 Å². The normalized spacial score (nSPS) is 16.7. The summed E-state index contributed by atoms with van der Waals surface area (Å²) in [4.78, 5) is 66.9. The molecule has 29 heavy (non-hydrogen) atoms. The molecular weight excluding hydrogens is 388 g/mol. The van der Waals surface area contributed by atoms with E-state index in [0.29, 0.717) is 36.8 Å². The van der Waals surface area contributed by atoms with Gasteiger partial charge in [0, 0.05) is 32.5 Å². The molecule has 0 spiro atoms. The molecule has 0 aliphatic carbocycles. The van der Waals surface area contributed by atoms with Crippen LogP contribution in [0, 0.1) is 0 Å². The van der Waals surface area contributed by atoms with Gasteiger partial charge >= 0.3 is 11.9 Å². The Labute approximate surface area is 167 Å². The van der Waals surface area contributed by atoms with Crippen molar-refractivity contribution >= 4 is 29.7 Å². The van der Waals surface area contributed by atoms with Crippen LogP contribution in [0.5, 0.6) is 0 Å². The molecule has 2 saturated heterocycles. The van der Waals surface area contributed by atoms with Crippen LogP contribution in [0.1, 0.15) is 44.9 Å². The number of rotatable bonds is 12. The van der Waals surface area contributed by atoms with Crippen LogP contribution in [0.2, 0.25) is 0 Å². The van der Waals surface area contributed by atoms with E-state index in [-0.39, 0.29) is 51.2 Å². The Morgan fingerprint density at radius 1 is 0.724 bits per heavy atom.